The number of nitro benzene ring substituents is 1. The maximum absolute atomic E-state index is 12.3. The predicted molar refractivity (Wildman–Crippen MR) is 95.3 cm³/mol. The molecule has 0 radical (unpaired) electrons. The van der Waals surface area contributed by atoms with Gasteiger partial charge in [-0.3, -0.25) is 24.7 Å². The molecule has 1 aromatic carbocycles. The van der Waals surface area contributed by atoms with Crippen LogP contribution in [0, 0.1) is 10.1 Å². The lowest BCUT2D eigenvalue weighted by Crippen LogP contribution is -2.50. The van der Waals surface area contributed by atoms with E-state index in [0.29, 0.717) is 6.54 Å². The molecule has 2 aliphatic rings. The van der Waals surface area contributed by atoms with Gasteiger partial charge in [0, 0.05) is 57.4 Å². The fraction of sp³-hybridized carbons (Fsp3) is 0.611. The van der Waals surface area contributed by atoms with E-state index < -0.39 is 0 Å². The van der Waals surface area contributed by atoms with Gasteiger partial charge in [-0.25, -0.2) is 0 Å². The molecule has 1 unspecified atom stereocenters. The van der Waals surface area contributed by atoms with Crippen LogP contribution in [0.5, 0.6) is 0 Å². The van der Waals surface area contributed by atoms with Crippen LogP contribution < -0.4 is 0 Å². The molecule has 25 heavy (non-hydrogen) atoms. The summed E-state index contributed by atoms with van der Waals surface area (Å²) < 4.78 is 0. The first-order valence-electron chi connectivity index (χ1n) is 9.03. The van der Waals surface area contributed by atoms with Crippen LogP contribution in [0.2, 0.25) is 0 Å². The van der Waals surface area contributed by atoms with E-state index >= 15 is 0 Å². The second-order valence-electron chi connectivity index (χ2n) is 6.93. The highest BCUT2D eigenvalue weighted by Gasteiger charge is 2.26. The Bertz CT molecular complexity index is 623. The average Bonchev–Trinajstić information content (AvgIpc) is 3.17. The number of amides is 1. The van der Waals surface area contributed by atoms with Gasteiger partial charge in [0.05, 0.1) is 11.5 Å². The molecule has 136 valence electrons. The molecule has 0 N–H and O–H groups in total. The third-order valence-corrected chi connectivity index (χ3v) is 5.34. The van der Waals surface area contributed by atoms with Crippen molar-refractivity contribution in [2.24, 2.45) is 0 Å². The van der Waals surface area contributed by atoms with Gasteiger partial charge in [0.2, 0.25) is 5.91 Å². The molecule has 7 nitrogen and oxygen atoms in total. The van der Waals surface area contributed by atoms with Crippen LogP contribution >= 0.6 is 0 Å². The Morgan fingerprint density at radius 3 is 2.48 bits per heavy atom. The lowest BCUT2D eigenvalue weighted by atomic mass is 10.1. The van der Waals surface area contributed by atoms with Crippen LogP contribution in [0.1, 0.15) is 31.4 Å². The fourth-order valence-electron chi connectivity index (χ4n) is 3.68. The summed E-state index contributed by atoms with van der Waals surface area (Å²) >= 11 is 0. The van der Waals surface area contributed by atoms with E-state index in [0.717, 1.165) is 57.7 Å². The fourth-order valence-corrected chi connectivity index (χ4v) is 3.68. The van der Waals surface area contributed by atoms with E-state index in [1.165, 1.54) is 6.07 Å². The smallest absolute Gasteiger partial charge is 0.269 e. The number of benzene rings is 1. The van der Waals surface area contributed by atoms with Crippen molar-refractivity contribution < 1.29 is 9.72 Å². The highest BCUT2D eigenvalue weighted by Crippen LogP contribution is 2.25. The van der Waals surface area contributed by atoms with Gasteiger partial charge in [-0.1, -0.05) is 12.1 Å². The zero-order valence-corrected chi connectivity index (χ0v) is 14.8. The molecule has 2 saturated heterocycles. The molecule has 3 rings (SSSR count). The predicted octanol–water partition coefficient (Wildman–Crippen LogP) is 1.90. The molecule has 0 saturated carbocycles. The van der Waals surface area contributed by atoms with Gasteiger partial charge in [0.1, 0.15) is 0 Å². The molecule has 1 atom stereocenters. The third kappa shape index (κ3) is 4.35. The molecule has 7 heteroatoms. The second-order valence-corrected chi connectivity index (χ2v) is 6.93. The van der Waals surface area contributed by atoms with Crippen molar-refractivity contribution in [3.8, 4) is 0 Å². The first kappa shape index (κ1) is 17.8. The maximum Gasteiger partial charge on any atom is 0.269 e. The molecule has 0 aromatic heterocycles. The van der Waals surface area contributed by atoms with Gasteiger partial charge in [-0.05, 0) is 25.3 Å². The Morgan fingerprint density at radius 1 is 1.16 bits per heavy atom. The van der Waals surface area contributed by atoms with E-state index in [1.54, 1.807) is 12.1 Å². The van der Waals surface area contributed by atoms with Crippen LogP contribution in [0.4, 0.5) is 5.69 Å². The highest BCUT2D eigenvalue weighted by molar-refractivity contribution is 5.78. The van der Waals surface area contributed by atoms with Crippen molar-refractivity contribution >= 4 is 11.6 Å². The molecular weight excluding hydrogens is 320 g/mol. The second kappa shape index (κ2) is 7.93. The lowest BCUT2D eigenvalue weighted by Gasteiger charge is -2.38. The minimum absolute atomic E-state index is 0.135. The molecule has 1 aromatic rings. The van der Waals surface area contributed by atoms with Crippen molar-refractivity contribution in [3.63, 3.8) is 0 Å². The van der Waals surface area contributed by atoms with Gasteiger partial charge >= 0.3 is 0 Å². The summed E-state index contributed by atoms with van der Waals surface area (Å²) in [5, 5.41) is 11.0. The quantitative estimate of drug-likeness (QED) is 0.601. The monoisotopic (exact) mass is 346 g/mol. The number of nitro groups is 1. The Labute approximate surface area is 148 Å². The first-order chi connectivity index (χ1) is 12.0. The number of non-ortho nitro benzene ring substituents is 1. The molecule has 2 fully saturated rings. The number of carbonyl (C=O) groups is 1. The molecule has 1 amide bonds. The number of piperazine rings is 1. The van der Waals surface area contributed by atoms with E-state index in [2.05, 4.69) is 16.7 Å². The van der Waals surface area contributed by atoms with E-state index in [4.69, 9.17) is 0 Å². The Hall–Kier alpha value is -1.99. The number of nitrogens with zero attached hydrogens (tertiary/aromatic N) is 4. The number of rotatable bonds is 5. The number of likely N-dealkylation sites (tertiary alicyclic amines) is 1. The summed E-state index contributed by atoms with van der Waals surface area (Å²) in [6.07, 6.45) is 2.25. The van der Waals surface area contributed by atoms with E-state index in [-0.39, 0.29) is 22.6 Å². The summed E-state index contributed by atoms with van der Waals surface area (Å²) in [6.45, 7) is 7.88. The van der Waals surface area contributed by atoms with Crippen LogP contribution in [-0.2, 0) is 4.79 Å². The van der Waals surface area contributed by atoms with Gasteiger partial charge < -0.3 is 4.90 Å². The van der Waals surface area contributed by atoms with Crippen LogP contribution in [0.3, 0.4) is 0 Å². The Morgan fingerprint density at radius 2 is 1.84 bits per heavy atom. The first-order valence-corrected chi connectivity index (χ1v) is 9.03. The Kier molecular flexibility index (Phi) is 5.65. The van der Waals surface area contributed by atoms with E-state index in [9.17, 15) is 14.9 Å². The summed E-state index contributed by atoms with van der Waals surface area (Å²) in [5.41, 5.74) is 1.11. The summed E-state index contributed by atoms with van der Waals surface area (Å²) in [6, 6.07) is 7.01. The van der Waals surface area contributed by atoms with Gasteiger partial charge in [-0.15, -0.1) is 0 Å². The topological polar surface area (TPSA) is 69.9 Å². The van der Waals surface area contributed by atoms with Crippen molar-refractivity contribution in [1.82, 2.24) is 14.7 Å². The van der Waals surface area contributed by atoms with Crippen LogP contribution in [-0.4, -0.2) is 71.3 Å². The van der Waals surface area contributed by atoms with Crippen LogP contribution in [0.15, 0.2) is 24.3 Å². The molecule has 2 heterocycles. The number of carbonyl (C=O) groups excluding carboxylic acids is 1. The molecule has 0 aliphatic carbocycles. The van der Waals surface area contributed by atoms with Crippen molar-refractivity contribution in [2.45, 2.75) is 25.8 Å². The maximum atomic E-state index is 12.3. The molecular formula is C18H26N4O3. The lowest BCUT2D eigenvalue weighted by molar-refractivity contribution is -0.385. The summed E-state index contributed by atoms with van der Waals surface area (Å²) in [7, 11) is 0. The Balaban J connectivity index is 1.52. The molecule has 2 aliphatic heterocycles. The number of hydrogen-bond donors (Lipinski definition) is 0. The van der Waals surface area contributed by atoms with Gasteiger partial charge in [0.15, 0.2) is 0 Å². The average molecular weight is 346 g/mol. The zero-order chi connectivity index (χ0) is 17.8. The molecule has 0 bridgehead atoms. The normalized spacial score (nSPS) is 20.6. The SMILES string of the molecule is CC(c1cccc([N+](=O)[O-])c1)N1CCN(CC(=O)N2CCCC2)CC1. The van der Waals surface area contributed by atoms with Crippen molar-refractivity contribution in [2.75, 3.05) is 45.8 Å². The van der Waals surface area contributed by atoms with Gasteiger partial charge in [-0.2, -0.15) is 0 Å². The largest absolute Gasteiger partial charge is 0.342 e. The number of hydrogen-bond acceptors (Lipinski definition) is 5. The summed E-state index contributed by atoms with van der Waals surface area (Å²) in [5.74, 6) is 0.248. The van der Waals surface area contributed by atoms with Gasteiger partial charge in [0.25, 0.3) is 5.69 Å². The van der Waals surface area contributed by atoms with Crippen LogP contribution in [0.25, 0.3) is 0 Å². The summed E-state index contributed by atoms with van der Waals surface area (Å²) in [4.78, 5) is 29.4. The minimum Gasteiger partial charge on any atom is -0.342 e. The third-order valence-electron chi connectivity index (χ3n) is 5.34. The highest BCUT2D eigenvalue weighted by atomic mass is 16.6. The standard InChI is InChI=1S/C18H26N4O3/c1-15(16-5-4-6-17(13-16)22(24)25)20-11-9-19(10-12-20)14-18(23)21-7-2-3-8-21/h4-6,13,15H,2-3,7-12,14H2,1H3. The minimum atomic E-state index is -0.349. The van der Waals surface area contributed by atoms with Crippen molar-refractivity contribution in [3.05, 3.63) is 39.9 Å². The zero-order valence-electron chi connectivity index (χ0n) is 14.8. The van der Waals surface area contributed by atoms with E-state index in [1.807, 2.05) is 11.0 Å². The molecule has 0 spiro atoms. The van der Waals surface area contributed by atoms with Crippen molar-refractivity contribution in [1.29, 1.82) is 0 Å².